The van der Waals surface area contributed by atoms with Gasteiger partial charge in [0.15, 0.2) is 0 Å². The van der Waals surface area contributed by atoms with Crippen molar-refractivity contribution in [3.63, 3.8) is 0 Å². The molecule has 0 aliphatic rings. The number of rotatable bonds is 4. The molecule has 0 amide bonds. The molecule has 88 valence electrons. The van der Waals surface area contributed by atoms with E-state index in [1.54, 1.807) is 12.5 Å². The highest BCUT2D eigenvalue weighted by molar-refractivity contribution is 5.73. The molecule has 1 aromatic carbocycles. The second kappa shape index (κ2) is 4.84. The van der Waals surface area contributed by atoms with Crippen molar-refractivity contribution >= 4 is 5.97 Å². The zero-order chi connectivity index (χ0) is 12.3. The van der Waals surface area contributed by atoms with E-state index in [-0.39, 0.29) is 0 Å². The number of nitrogens with two attached hydrogens (primary N) is 1. The Morgan fingerprint density at radius 2 is 1.94 bits per heavy atom. The van der Waals surface area contributed by atoms with Crippen LogP contribution in [0.1, 0.15) is 5.56 Å². The van der Waals surface area contributed by atoms with Crippen LogP contribution in [0.25, 0.3) is 11.1 Å². The van der Waals surface area contributed by atoms with E-state index in [2.05, 4.69) is 0 Å². The SMILES string of the molecule is N[C@H](Cc1ccc(-c2ccoc2)cc1)C(=O)O. The highest BCUT2D eigenvalue weighted by atomic mass is 16.4. The van der Waals surface area contributed by atoms with Crippen molar-refractivity contribution in [2.45, 2.75) is 12.5 Å². The van der Waals surface area contributed by atoms with Gasteiger partial charge in [-0.25, -0.2) is 0 Å². The smallest absolute Gasteiger partial charge is 0.320 e. The van der Waals surface area contributed by atoms with Crippen molar-refractivity contribution < 1.29 is 14.3 Å². The lowest BCUT2D eigenvalue weighted by molar-refractivity contribution is -0.138. The van der Waals surface area contributed by atoms with Crippen LogP contribution >= 0.6 is 0 Å². The van der Waals surface area contributed by atoms with Gasteiger partial charge in [-0.05, 0) is 23.6 Å². The molecule has 0 unspecified atom stereocenters. The number of carboxylic acid groups (broad SMARTS) is 1. The average Bonchev–Trinajstić information content (AvgIpc) is 2.83. The van der Waals surface area contributed by atoms with Crippen LogP contribution in [-0.4, -0.2) is 17.1 Å². The molecule has 0 radical (unpaired) electrons. The van der Waals surface area contributed by atoms with Crippen LogP contribution < -0.4 is 5.73 Å². The molecule has 1 aromatic heterocycles. The number of aliphatic carboxylic acids is 1. The quantitative estimate of drug-likeness (QED) is 0.842. The monoisotopic (exact) mass is 231 g/mol. The van der Waals surface area contributed by atoms with Crippen LogP contribution in [0.2, 0.25) is 0 Å². The summed E-state index contributed by atoms with van der Waals surface area (Å²) in [6.45, 7) is 0. The van der Waals surface area contributed by atoms with Crippen molar-refractivity contribution in [1.82, 2.24) is 0 Å². The van der Waals surface area contributed by atoms with Crippen molar-refractivity contribution in [2.75, 3.05) is 0 Å². The van der Waals surface area contributed by atoms with Gasteiger partial charge in [0.25, 0.3) is 0 Å². The summed E-state index contributed by atoms with van der Waals surface area (Å²) in [7, 11) is 0. The first kappa shape index (κ1) is 11.4. The number of carbonyl (C=O) groups is 1. The lowest BCUT2D eigenvalue weighted by Crippen LogP contribution is -2.32. The maximum atomic E-state index is 10.6. The molecular formula is C13H13NO3. The zero-order valence-corrected chi connectivity index (χ0v) is 9.17. The molecule has 0 bridgehead atoms. The van der Waals surface area contributed by atoms with Gasteiger partial charge < -0.3 is 15.3 Å². The Balaban J connectivity index is 2.11. The van der Waals surface area contributed by atoms with Crippen LogP contribution in [-0.2, 0) is 11.2 Å². The topological polar surface area (TPSA) is 76.5 Å². The average molecular weight is 231 g/mol. The largest absolute Gasteiger partial charge is 0.480 e. The molecular weight excluding hydrogens is 218 g/mol. The Hall–Kier alpha value is -2.07. The molecule has 0 spiro atoms. The normalized spacial score (nSPS) is 12.3. The number of hydrogen-bond acceptors (Lipinski definition) is 3. The molecule has 4 heteroatoms. The minimum atomic E-state index is -0.982. The maximum absolute atomic E-state index is 10.6. The van der Waals surface area contributed by atoms with E-state index in [0.717, 1.165) is 16.7 Å². The van der Waals surface area contributed by atoms with E-state index in [1.165, 1.54) is 0 Å². The molecule has 2 aromatic rings. The van der Waals surface area contributed by atoms with Gasteiger partial charge in [0.1, 0.15) is 6.04 Å². The Morgan fingerprint density at radius 3 is 2.47 bits per heavy atom. The minimum Gasteiger partial charge on any atom is -0.480 e. The van der Waals surface area contributed by atoms with Crippen molar-refractivity contribution in [3.8, 4) is 11.1 Å². The third-order valence-corrected chi connectivity index (χ3v) is 2.58. The second-order valence-electron chi connectivity index (χ2n) is 3.86. The molecule has 2 rings (SSSR count). The lowest BCUT2D eigenvalue weighted by Gasteiger charge is -2.06. The van der Waals surface area contributed by atoms with Gasteiger partial charge in [0, 0.05) is 5.56 Å². The van der Waals surface area contributed by atoms with E-state index < -0.39 is 12.0 Å². The third-order valence-electron chi connectivity index (χ3n) is 2.58. The lowest BCUT2D eigenvalue weighted by atomic mass is 10.0. The summed E-state index contributed by atoms with van der Waals surface area (Å²) in [5, 5.41) is 8.71. The summed E-state index contributed by atoms with van der Waals surface area (Å²) >= 11 is 0. The summed E-state index contributed by atoms with van der Waals surface area (Å²) in [5.74, 6) is -0.982. The highest BCUT2D eigenvalue weighted by Gasteiger charge is 2.11. The number of carboxylic acids is 1. The van der Waals surface area contributed by atoms with Gasteiger partial charge in [-0.15, -0.1) is 0 Å². The van der Waals surface area contributed by atoms with Gasteiger partial charge in [-0.3, -0.25) is 4.79 Å². The van der Waals surface area contributed by atoms with E-state index in [0.29, 0.717) is 6.42 Å². The van der Waals surface area contributed by atoms with Crippen LogP contribution in [0.3, 0.4) is 0 Å². The van der Waals surface area contributed by atoms with E-state index >= 15 is 0 Å². The maximum Gasteiger partial charge on any atom is 0.320 e. The number of furan rings is 1. The molecule has 0 aliphatic heterocycles. The molecule has 1 heterocycles. The van der Waals surface area contributed by atoms with E-state index in [1.807, 2.05) is 30.3 Å². The van der Waals surface area contributed by atoms with Crippen LogP contribution in [0.15, 0.2) is 47.3 Å². The molecule has 0 fully saturated rings. The highest BCUT2D eigenvalue weighted by Crippen LogP contribution is 2.20. The van der Waals surface area contributed by atoms with Crippen LogP contribution in [0, 0.1) is 0 Å². The molecule has 0 saturated carbocycles. The Labute approximate surface area is 98.7 Å². The predicted octanol–water partition coefficient (Wildman–Crippen LogP) is 1.90. The zero-order valence-electron chi connectivity index (χ0n) is 9.17. The standard InChI is InChI=1S/C13H13NO3/c14-12(13(15)16)7-9-1-3-10(4-2-9)11-5-6-17-8-11/h1-6,8,12H,7,14H2,(H,15,16)/t12-/m1/s1. The number of hydrogen-bond donors (Lipinski definition) is 2. The van der Waals surface area contributed by atoms with Crippen LogP contribution in [0.5, 0.6) is 0 Å². The van der Waals surface area contributed by atoms with Gasteiger partial charge >= 0.3 is 5.97 Å². The van der Waals surface area contributed by atoms with Gasteiger partial charge in [-0.2, -0.15) is 0 Å². The van der Waals surface area contributed by atoms with Gasteiger partial charge in [-0.1, -0.05) is 24.3 Å². The first-order chi connectivity index (χ1) is 8.16. The summed E-state index contributed by atoms with van der Waals surface area (Å²) in [6.07, 6.45) is 3.61. The number of benzene rings is 1. The Bertz CT molecular complexity index is 488. The fraction of sp³-hybridized carbons (Fsp3) is 0.154. The summed E-state index contributed by atoms with van der Waals surface area (Å²) in [4.78, 5) is 10.6. The van der Waals surface area contributed by atoms with E-state index in [9.17, 15) is 4.79 Å². The van der Waals surface area contributed by atoms with Crippen molar-refractivity contribution in [2.24, 2.45) is 5.73 Å². The Morgan fingerprint density at radius 1 is 1.24 bits per heavy atom. The summed E-state index contributed by atoms with van der Waals surface area (Å²) in [5.41, 5.74) is 8.41. The fourth-order valence-electron chi connectivity index (χ4n) is 1.60. The first-order valence-corrected chi connectivity index (χ1v) is 5.26. The minimum absolute atomic E-state index is 0.334. The van der Waals surface area contributed by atoms with Crippen LogP contribution in [0.4, 0.5) is 0 Å². The molecule has 0 saturated heterocycles. The summed E-state index contributed by atoms with van der Waals surface area (Å²) in [6, 6.07) is 8.63. The van der Waals surface area contributed by atoms with Gasteiger partial charge in [0.2, 0.25) is 0 Å². The first-order valence-electron chi connectivity index (χ1n) is 5.26. The van der Waals surface area contributed by atoms with Crippen molar-refractivity contribution in [3.05, 3.63) is 48.4 Å². The third kappa shape index (κ3) is 2.73. The molecule has 1 atom stereocenters. The molecule has 3 N–H and O–H groups in total. The van der Waals surface area contributed by atoms with Crippen molar-refractivity contribution in [1.29, 1.82) is 0 Å². The van der Waals surface area contributed by atoms with E-state index in [4.69, 9.17) is 15.3 Å². The van der Waals surface area contributed by atoms with Gasteiger partial charge in [0.05, 0.1) is 12.5 Å². The molecule has 17 heavy (non-hydrogen) atoms. The fourth-order valence-corrected chi connectivity index (χ4v) is 1.60. The molecule has 4 nitrogen and oxygen atoms in total. The predicted molar refractivity (Wildman–Crippen MR) is 63.5 cm³/mol. The second-order valence-corrected chi connectivity index (χ2v) is 3.86. The Kier molecular flexibility index (Phi) is 3.25. The summed E-state index contributed by atoms with van der Waals surface area (Å²) < 4.78 is 5.00. The molecule has 0 aliphatic carbocycles.